The Labute approximate surface area is 218 Å². The van der Waals surface area contributed by atoms with E-state index >= 15 is 0 Å². The number of nitrogens with zero attached hydrogens (tertiary/aromatic N) is 6. The molecule has 37 heavy (non-hydrogen) atoms. The molecular formula is C29H37N7O. The van der Waals surface area contributed by atoms with Crippen molar-refractivity contribution in [2.75, 3.05) is 0 Å². The number of nitrogens with one attached hydrogen (secondary N) is 1. The van der Waals surface area contributed by atoms with Crippen LogP contribution < -0.4 is 5.69 Å². The first kappa shape index (κ1) is 25.1. The molecule has 3 aromatic heterocycles. The van der Waals surface area contributed by atoms with Gasteiger partial charge in [-0.05, 0) is 59.6 Å². The van der Waals surface area contributed by atoms with Gasteiger partial charge in [0, 0.05) is 35.3 Å². The number of aromatic nitrogens is 7. The van der Waals surface area contributed by atoms with E-state index in [1.165, 1.54) is 19.3 Å². The molecule has 5 rings (SSSR count). The summed E-state index contributed by atoms with van der Waals surface area (Å²) in [6, 6.07) is 12.4. The summed E-state index contributed by atoms with van der Waals surface area (Å²) in [6.07, 6.45) is 11.9. The van der Waals surface area contributed by atoms with Crippen LogP contribution in [0, 0.1) is 11.8 Å². The minimum absolute atomic E-state index is 0.109. The van der Waals surface area contributed by atoms with E-state index in [4.69, 9.17) is 4.98 Å². The zero-order valence-electron chi connectivity index (χ0n) is 22.1. The number of hydrogen-bond donors (Lipinski definition) is 1. The monoisotopic (exact) mass is 499 g/mol. The SMILES string of the molecule is CCCCc1cn(C2C(C)CCCC2CC)c(=O)n1Cc1ccc(-c2ccccc2-c2nnn[nH]2)cn1. The third-order valence-corrected chi connectivity index (χ3v) is 8.00. The van der Waals surface area contributed by atoms with E-state index in [-0.39, 0.29) is 11.7 Å². The Morgan fingerprint density at radius 3 is 2.62 bits per heavy atom. The Kier molecular flexibility index (Phi) is 7.63. The van der Waals surface area contributed by atoms with Gasteiger partial charge in [-0.3, -0.25) is 14.1 Å². The number of hydrogen-bond acceptors (Lipinski definition) is 5. The van der Waals surface area contributed by atoms with E-state index < -0.39 is 0 Å². The maximum absolute atomic E-state index is 13.8. The van der Waals surface area contributed by atoms with Gasteiger partial charge in [0.05, 0.1) is 12.2 Å². The van der Waals surface area contributed by atoms with Gasteiger partial charge in [-0.25, -0.2) is 9.89 Å². The predicted octanol–water partition coefficient (Wildman–Crippen LogP) is 5.67. The minimum Gasteiger partial charge on any atom is -0.295 e. The Morgan fingerprint density at radius 1 is 1.08 bits per heavy atom. The number of rotatable bonds is 9. The number of pyridine rings is 1. The van der Waals surface area contributed by atoms with E-state index in [0.29, 0.717) is 24.2 Å². The van der Waals surface area contributed by atoms with Crippen molar-refractivity contribution in [3.8, 4) is 22.5 Å². The summed E-state index contributed by atoms with van der Waals surface area (Å²) in [5.74, 6) is 1.70. The molecule has 1 fully saturated rings. The maximum Gasteiger partial charge on any atom is 0.328 e. The fraction of sp³-hybridized carbons (Fsp3) is 0.483. The first-order valence-corrected chi connectivity index (χ1v) is 13.7. The average molecular weight is 500 g/mol. The molecule has 0 saturated heterocycles. The number of benzene rings is 1. The van der Waals surface area contributed by atoms with Crippen molar-refractivity contribution in [1.82, 2.24) is 34.7 Å². The fourth-order valence-electron chi connectivity index (χ4n) is 6.00. The lowest BCUT2D eigenvalue weighted by Crippen LogP contribution is -2.36. The van der Waals surface area contributed by atoms with Crippen LogP contribution in [-0.2, 0) is 13.0 Å². The molecule has 0 bridgehead atoms. The van der Waals surface area contributed by atoms with E-state index in [2.05, 4.69) is 58.2 Å². The van der Waals surface area contributed by atoms with Gasteiger partial charge in [-0.1, -0.05) is 70.4 Å². The normalized spacial score (nSPS) is 19.8. The highest BCUT2D eigenvalue weighted by Crippen LogP contribution is 2.39. The number of tetrazole rings is 1. The zero-order chi connectivity index (χ0) is 25.8. The number of H-pyrrole nitrogens is 1. The molecule has 3 heterocycles. The number of aromatic amines is 1. The molecule has 0 spiro atoms. The van der Waals surface area contributed by atoms with E-state index in [1.54, 1.807) is 0 Å². The van der Waals surface area contributed by atoms with Gasteiger partial charge in [0.15, 0.2) is 5.82 Å². The Bertz CT molecular complexity index is 1350. The lowest BCUT2D eigenvalue weighted by molar-refractivity contribution is 0.161. The molecule has 194 valence electrons. The summed E-state index contributed by atoms with van der Waals surface area (Å²) in [4.78, 5) is 18.6. The largest absolute Gasteiger partial charge is 0.328 e. The highest BCUT2D eigenvalue weighted by molar-refractivity contribution is 5.79. The van der Waals surface area contributed by atoms with Crippen LogP contribution in [0.15, 0.2) is 53.6 Å². The fourth-order valence-corrected chi connectivity index (χ4v) is 6.00. The second-order valence-corrected chi connectivity index (χ2v) is 10.4. The first-order valence-electron chi connectivity index (χ1n) is 13.7. The van der Waals surface area contributed by atoms with Gasteiger partial charge in [0.1, 0.15) is 0 Å². The molecule has 1 aromatic carbocycles. The van der Waals surface area contributed by atoms with Crippen LogP contribution in [-0.4, -0.2) is 34.7 Å². The van der Waals surface area contributed by atoms with Crippen molar-refractivity contribution in [2.24, 2.45) is 11.8 Å². The van der Waals surface area contributed by atoms with Crippen LogP contribution in [0.4, 0.5) is 0 Å². The summed E-state index contributed by atoms with van der Waals surface area (Å²) >= 11 is 0. The predicted molar refractivity (Wildman–Crippen MR) is 145 cm³/mol. The van der Waals surface area contributed by atoms with Gasteiger partial charge in [0.25, 0.3) is 0 Å². The second kappa shape index (κ2) is 11.2. The van der Waals surface area contributed by atoms with E-state index in [1.807, 2.05) is 41.1 Å². The van der Waals surface area contributed by atoms with Crippen LogP contribution >= 0.6 is 0 Å². The summed E-state index contributed by atoms with van der Waals surface area (Å²) in [7, 11) is 0. The maximum atomic E-state index is 13.8. The second-order valence-electron chi connectivity index (χ2n) is 10.4. The Balaban J connectivity index is 1.45. The molecular weight excluding hydrogens is 462 g/mol. The van der Waals surface area contributed by atoms with Gasteiger partial charge < -0.3 is 0 Å². The highest BCUT2D eigenvalue weighted by Gasteiger charge is 2.33. The summed E-state index contributed by atoms with van der Waals surface area (Å²) in [6.45, 7) is 7.26. The third-order valence-electron chi connectivity index (χ3n) is 8.00. The van der Waals surface area contributed by atoms with Crippen molar-refractivity contribution in [1.29, 1.82) is 0 Å². The van der Waals surface area contributed by atoms with Crippen LogP contribution in [0.25, 0.3) is 22.5 Å². The molecule has 0 radical (unpaired) electrons. The number of imidazole rings is 1. The molecule has 1 aliphatic carbocycles. The Morgan fingerprint density at radius 2 is 1.92 bits per heavy atom. The number of unbranched alkanes of at least 4 members (excludes halogenated alkanes) is 1. The standard InChI is InChI=1S/C29H37N7O/c1-4-6-12-24-19-36(27-20(3)10-9-11-21(27)5-2)29(37)35(24)18-23-16-15-22(17-30-23)25-13-7-8-14-26(25)28-31-33-34-32-28/h7-8,13-17,19-21,27H,4-6,9-12,18H2,1-3H3,(H,31,32,33,34). The van der Waals surface area contributed by atoms with Crippen molar-refractivity contribution >= 4 is 0 Å². The van der Waals surface area contributed by atoms with Crippen LogP contribution in [0.1, 0.15) is 76.7 Å². The molecule has 3 atom stereocenters. The van der Waals surface area contributed by atoms with Crippen LogP contribution in [0.3, 0.4) is 0 Å². The summed E-state index contributed by atoms with van der Waals surface area (Å²) < 4.78 is 4.03. The van der Waals surface area contributed by atoms with Gasteiger partial charge >= 0.3 is 5.69 Å². The summed E-state index contributed by atoms with van der Waals surface area (Å²) in [5.41, 5.74) is 5.01. The molecule has 1 aliphatic rings. The van der Waals surface area contributed by atoms with Crippen molar-refractivity contribution in [2.45, 2.75) is 78.3 Å². The average Bonchev–Trinajstić information content (AvgIpc) is 3.57. The lowest BCUT2D eigenvalue weighted by Gasteiger charge is -2.36. The smallest absolute Gasteiger partial charge is 0.295 e. The van der Waals surface area contributed by atoms with Crippen LogP contribution in [0.2, 0.25) is 0 Å². The molecule has 0 amide bonds. The van der Waals surface area contributed by atoms with Crippen molar-refractivity contribution < 1.29 is 0 Å². The van der Waals surface area contributed by atoms with Crippen molar-refractivity contribution in [3.63, 3.8) is 0 Å². The molecule has 8 nitrogen and oxygen atoms in total. The van der Waals surface area contributed by atoms with E-state index in [9.17, 15) is 4.79 Å². The van der Waals surface area contributed by atoms with Crippen LogP contribution in [0.5, 0.6) is 0 Å². The molecule has 3 unspecified atom stereocenters. The minimum atomic E-state index is 0.109. The first-order chi connectivity index (χ1) is 18.1. The number of aryl methyl sites for hydroxylation is 1. The third kappa shape index (κ3) is 5.15. The zero-order valence-corrected chi connectivity index (χ0v) is 22.1. The quantitative estimate of drug-likeness (QED) is 0.320. The topological polar surface area (TPSA) is 94.3 Å². The lowest BCUT2D eigenvalue weighted by atomic mass is 9.76. The molecule has 1 saturated carbocycles. The highest BCUT2D eigenvalue weighted by atomic mass is 16.1. The van der Waals surface area contributed by atoms with Crippen molar-refractivity contribution in [3.05, 3.63) is 70.7 Å². The Hall–Kier alpha value is -3.55. The van der Waals surface area contributed by atoms with E-state index in [0.717, 1.165) is 53.8 Å². The van der Waals surface area contributed by atoms with Gasteiger partial charge in [-0.15, -0.1) is 5.10 Å². The molecule has 1 N–H and O–H groups in total. The molecule has 0 aliphatic heterocycles. The molecule has 8 heteroatoms. The summed E-state index contributed by atoms with van der Waals surface area (Å²) in [5, 5.41) is 14.3. The molecule has 4 aromatic rings. The van der Waals surface area contributed by atoms with Gasteiger partial charge in [0.2, 0.25) is 0 Å². The van der Waals surface area contributed by atoms with Gasteiger partial charge in [-0.2, -0.15) is 0 Å².